The first-order valence-electron chi connectivity index (χ1n) is 7.27. The van der Waals surface area contributed by atoms with Crippen molar-refractivity contribution in [2.75, 3.05) is 25.9 Å². The molecule has 0 bridgehead atoms. The number of benzene rings is 1. The van der Waals surface area contributed by atoms with E-state index in [-0.39, 0.29) is 18.3 Å². The van der Waals surface area contributed by atoms with Crippen LogP contribution in [0.4, 0.5) is 0 Å². The van der Waals surface area contributed by atoms with Crippen LogP contribution < -0.4 is 5.32 Å². The van der Waals surface area contributed by atoms with Crippen LogP contribution in [-0.2, 0) is 10.5 Å². The molecule has 1 aliphatic rings. The van der Waals surface area contributed by atoms with Crippen LogP contribution in [0.5, 0.6) is 0 Å². The number of carbonyl (C=O) groups is 1. The van der Waals surface area contributed by atoms with Gasteiger partial charge in [-0.1, -0.05) is 29.8 Å². The third-order valence-electron chi connectivity index (χ3n) is 3.83. The molecule has 3 nitrogen and oxygen atoms in total. The van der Waals surface area contributed by atoms with E-state index in [4.69, 9.17) is 0 Å². The molecule has 1 fully saturated rings. The number of nitrogens with one attached hydrogen (secondary N) is 1. The third kappa shape index (κ3) is 5.89. The summed E-state index contributed by atoms with van der Waals surface area (Å²) in [5, 5.41) is 3.29. The van der Waals surface area contributed by atoms with Gasteiger partial charge < -0.3 is 10.2 Å². The maximum Gasteiger partial charge on any atom is 0.232 e. The summed E-state index contributed by atoms with van der Waals surface area (Å²) in [5.41, 5.74) is 2.58. The second-order valence-electron chi connectivity index (χ2n) is 5.43. The summed E-state index contributed by atoms with van der Waals surface area (Å²) >= 11 is 1.72. The molecular weight excluding hydrogens is 304 g/mol. The first-order chi connectivity index (χ1) is 9.69. The van der Waals surface area contributed by atoms with Crippen molar-refractivity contribution in [3.8, 4) is 0 Å². The fourth-order valence-electron chi connectivity index (χ4n) is 2.57. The van der Waals surface area contributed by atoms with Crippen molar-refractivity contribution in [1.29, 1.82) is 0 Å². The number of hydrogen-bond acceptors (Lipinski definition) is 3. The first-order valence-corrected chi connectivity index (χ1v) is 8.43. The van der Waals surface area contributed by atoms with Gasteiger partial charge in [0.25, 0.3) is 0 Å². The van der Waals surface area contributed by atoms with Crippen LogP contribution in [0.25, 0.3) is 0 Å². The highest BCUT2D eigenvalue weighted by Crippen LogP contribution is 2.16. The minimum Gasteiger partial charge on any atom is -0.342 e. The summed E-state index contributed by atoms with van der Waals surface area (Å²) in [6.45, 7) is 3.90. The minimum absolute atomic E-state index is 0. The van der Waals surface area contributed by atoms with E-state index in [2.05, 4.69) is 36.5 Å². The van der Waals surface area contributed by atoms with Gasteiger partial charge in [0.2, 0.25) is 5.91 Å². The van der Waals surface area contributed by atoms with Gasteiger partial charge in [-0.25, -0.2) is 0 Å². The molecule has 5 heteroatoms. The summed E-state index contributed by atoms with van der Waals surface area (Å²) in [6.07, 6.45) is 2.15. The minimum atomic E-state index is 0. The van der Waals surface area contributed by atoms with Gasteiger partial charge in [0.05, 0.1) is 5.75 Å². The average molecular weight is 329 g/mol. The topological polar surface area (TPSA) is 32.3 Å². The highest BCUT2D eigenvalue weighted by molar-refractivity contribution is 7.99. The summed E-state index contributed by atoms with van der Waals surface area (Å²) in [4.78, 5) is 14.1. The van der Waals surface area contributed by atoms with Gasteiger partial charge in [-0.05, 0) is 32.4 Å². The molecule has 1 aromatic rings. The number of nitrogens with zero attached hydrogens (tertiary/aromatic N) is 1. The molecule has 1 saturated heterocycles. The number of amides is 1. The molecule has 0 aromatic heterocycles. The Morgan fingerprint density at radius 3 is 2.71 bits per heavy atom. The third-order valence-corrected chi connectivity index (χ3v) is 4.82. The Morgan fingerprint density at radius 2 is 2.10 bits per heavy atom. The Balaban J connectivity index is 0.00000220. The first kappa shape index (κ1) is 18.3. The molecule has 21 heavy (non-hydrogen) atoms. The Hall–Kier alpha value is -0.710. The lowest BCUT2D eigenvalue weighted by Gasteiger charge is -2.31. The van der Waals surface area contributed by atoms with E-state index < -0.39 is 0 Å². The summed E-state index contributed by atoms with van der Waals surface area (Å²) in [5.74, 6) is 1.80. The van der Waals surface area contributed by atoms with E-state index in [0.29, 0.717) is 11.8 Å². The van der Waals surface area contributed by atoms with Crippen LogP contribution in [0.15, 0.2) is 24.3 Å². The zero-order valence-corrected chi connectivity index (χ0v) is 14.4. The van der Waals surface area contributed by atoms with Crippen LogP contribution in [0.2, 0.25) is 0 Å². The lowest BCUT2D eigenvalue weighted by Crippen LogP contribution is -2.44. The Kier molecular flexibility index (Phi) is 8.15. The number of rotatable bonds is 5. The Bertz CT molecular complexity index is 448. The highest BCUT2D eigenvalue weighted by atomic mass is 35.5. The highest BCUT2D eigenvalue weighted by Gasteiger charge is 2.21. The molecule has 1 aromatic carbocycles. The number of hydrogen-bond donors (Lipinski definition) is 1. The number of piperidine rings is 1. The molecule has 118 valence electrons. The molecule has 2 rings (SSSR count). The van der Waals surface area contributed by atoms with Gasteiger partial charge in [-0.2, -0.15) is 0 Å². The van der Waals surface area contributed by atoms with E-state index in [9.17, 15) is 4.79 Å². The molecule has 1 amide bonds. The lowest BCUT2D eigenvalue weighted by atomic mass is 10.1. The molecule has 0 aliphatic carbocycles. The predicted molar refractivity (Wildman–Crippen MR) is 93.3 cm³/mol. The lowest BCUT2D eigenvalue weighted by molar-refractivity contribution is -0.129. The smallest absolute Gasteiger partial charge is 0.232 e. The summed E-state index contributed by atoms with van der Waals surface area (Å²) < 4.78 is 0. The summed E-state index contributed by atoms with van der Waals surface area (Å²) in [7, 11) is 2.00. The zero-order chi connectivity index (χ0) is 14.4. The zero-order valence-electron chi connectivity index (χ0n) is 12.8. The Morgan fingerprint density at radius 1 is 1.38 bits per heavy atom. The van der Waals surface area contributed by atoms with Crippen molar-refractivity contribution in [1.82, 2.24) is 10.2 Å². The van der Waals surface area contributed by atoms with Gasteiger partial charge in [0.15, 0.2) is 0 Å². The monoisotopic (exact) mass is 328 g/mol. The normalized spacial score (nSPS) is 15.6. The molecule has 0 spiro atoms. The standard InChI is InChI=1S/C16H24N2OS.ClH/c1-13-4-3-5-14(10-13)11-20-12-16(19)18-8-6-15(17-2)7-9-18;/h3-5,10,15,17H,6-9,11-12H2,1-2H3;1H. The second-order valence-corrected chi connectivity index (χ2v) is 6.41. The molecular formula is C16H25ClN2OS. The van der Waals surface area contributed by atoms with Crippen molar-refractivity contribution < 1.29 is 4.79 Å². The molecule has 0 unspecified atom stereocenters. The van der Waals surface area contributed by atoms with Crippen molar-refractivity contribution in [2.24, 2.45) is 0 Å². The second kappa shape index (κ2) is 9.34. The molecule has 1 aliphatic heterocycles. The number of aryl methyl sites for hydroxylation is 1. The van der Waals surface area contributed by atoms with Crippen molar-refractivity contribution >= 4 is 30.1 Å². The molecule has 1 heterocycles. The maximum atomic E-state index is 12.1. The fraction of sp³-hybridized carbons (Fsp3) is 0.562. The van der Waals surface area contributed by atoms with Gasteiger partial charge in [-0.3, -0.25) is 4.79 Å². The van der Waals surface area contributed by atoms with Crippen LogP contribution in [0, 0.1) is 6.92 Å². The van der Waals surface area contributed by atoms with Gasteiger partial charge in [-0.15, -0.1) is 24.2 Å². The van der Waals surface area contributed by atoms with E-state index in [1.54, 1.807) is 11.8 Å². The van der Waals surface area contributed by atoms with Gasteiger partial charge >= 0.3 is 0 Å². The maximum absolute atomic E-state index is 12.1. The van der Waals surface area contributed by atoms with Crippen LogP contribution in [0.3, 0.4) is 0 Å². The number of thioether (sulfide) groups is 1. The van der Waals surface area contributed by atoms with Crippen LogP contribution >= 0.6 is 24.2 Å². The van der Waals surface area contributed by atoms with Gasteiger partial charge in [0, 0.05) is 24.9 Å². The van der Waals surface area contributed by atoms with E-state index in [1.165, 1.54) is 11.1 Å². The quantitative estimate of drug-likeness (QED) is 0.902. The summed E-state index contributed by atoms with van der Waals surface area (Å²) in [6, 6.07) is 9.08. The van der Waals surface area contributed by atoms with Gasteiger partial charge in [0.1, 0.15) is 0 Å². The number of carbonyl (C=O) groups excluding carboxylic acids is 1. The largest absolute Gasteiger partial charge is 0.342 e. The van der Waals surface area contributed by atoms with Crippen molar-refractivity contribution in [3.05, 3.63) is 35.4 Å². The fourth-order valence-corrected chi connectivity index (χ4v) is 3.44. The van der Waals surface area contributed by atoms with E-state index in [0.717, 1.165) is 31.7 Å². The molecule has 0 atom stereocenters. The van der Waals surface area contributed by atoms with Crippen molar-refractivity contribution in [3.63, 3.8) is 0 Å². The predicted octanol–water partition coefficient (Wildman–Crippen LogP) is 2.86. The molecule has 0 radical (unpaired) electrons. The average Bonchev–Trinajstić information content (AvgIpc) is 2.47. The van der Waals surface area contributed by atoms with Crippen molar-refractivity contribution in [2.45, 2.75) is 31.6 Å². The van der Waals surface area contributed by atoms with Crippen LogP contribution in [-0.4, -0.2) is 42.7 Å². The molecule has 0 saturated carbocycles. The van der Waals surface area contributed by atoms with E-state index >= 15 is 0 Å². The number of halogens is 1. The Labute approximate surface area is 138 Å². The number of likely N-dealkylation sites (tertiary alicyclic amines) is 1. The SMILES string of the molecule is CNC1CCN(C(=O)CSCc2cccc(C)c2)CC1.Cl. The van der Waals surface area contributed by atoms with Crippen LogP contribution in [0.1, 0.15) is 24.0 Å². The molecule has 1 N–H and O–H groups in total. The van der Waals surface area contributed by atoms with E-state index in [1.807, 2.05) is 11.9 Å².